The molecule has 1 saturated heterocycles. The number of aliphatic hydroxyl groups is 1. The van der Waals surface area contributed by atoms with Crippen molar-refractivity contribution in [3.63, 3.8) is 0 Å². The summed E-state index contributed by atoms with van der Waals surface area (Å²) in [6.07, 6.45) is -1.88. The van der Waals surface area contributed by atoms with E-state index < -0.39 is 24.6 Å². The zero-order chi connectivity index (χ0) is 29.0. The van der Waals surface area contributed by atoms with Gasteiger partial charge in [0.25, 0.3) is 11.8 Å². The van der Waals surface area contributed by atoms with E-state index in [1.807, 2.05) is 38.1 Å². The van der Waals surface area contributed by atoms with Crippen LogP contribution in [-0.2, 0) is 11.3 Å². The maximum absolute atomic E-state index is 13.5. The van der Waals surface area contributed by atoms with Crippen LogP contribution in [0.1, 0.15) is 48.4 Å². The molecule has 2 aromatic carbocycles. The number of piperazine rings is 1. The Hall–Kier alpha value is -4.03. The number of amides is 2. The molecular weight excluding hydrogens is 519 g/mol. The lowest BCUT2D eigenvalue weighted by Crippen LogP contribution is -2.50. The number of rotatable bonds is 9. The number of aromatic nitrogens is 3. The van der Waals surface area contributed by atoms with E-state index in [-0.39, 0.29) is 29.1 Å². The molecular formula is C28H35FN6O5. The maximum Gasteiger partial charge on any atom is 0.289 e. The van der Waals surface area contributed by atoms with Crippen molar-refractivity contribution in [1.29, 1.82) is 0 Å². The van der Waals surface area contributed by atoms with Crippen molar-refractivity contribution in [2.75, 3.05) is 39.3 Å². The van der Waals surface area contributed by atoms with Crippen LogP contribution >= 0.6 is 0 Å². The number of phenolic OH excluding ortho intramolecular Hbond substituents is 2. The Balaban J connectivity index is 1.60. The third-order valence-corrected chi connectivity index (χ3v) is 6.92. The molecule has 0 radical (unpaired) electrons. The normalized spacial score (nSPS) is 14.9. The van der Waals surface area contributed by atoms with Gasteiger partial charge in [-0.05, 0) is 42.2 Å². The predicted molar refractivity (Wildman–Crippen MR) is 146 cm³/mol. The Kier molecular flexibility index (Phi) is 9.00. The first-order valence-corrected chi connectivity index (χ1v) is 13.3. The highest BCUT2D eigenvalue weighted by Gasteiger charge is 2.27. The summed E-state index contributed by atoms with van der Waals surface area (Å²) in [7, 11) is 0. The number of benzene rings is 2. The average Bonchev–Trinajstić information content (AvgIpc) is 3.38. The topological polar surface area (TPSA) is 144 Å². The monoisotopic (exact) mass is 554 g/mol. The van der Waals surface area contributed by atoms with E-state index in [0.29, 0.717) is 56.1 Å². The number of phenols is 2. The van der Waals surface area contributed by atoms with Gasteiger partial charge >= 0.3 is 0 Å². The number of halogens is 1. The van der Waals surface area contributed by atoms with E-state index in [1.54, 1.807) is 17.6 Å². The highest BCUT2D eigenvalue weighted by molar-refractivity contribution is 5.92. The van der Waals surface area contributed by atoms with Crippen molar-refractivity contribution in [3.8, 4) is 28.6 Å². The van der Waals surface area contributed by atoms with Gasteiger partial charge in [-0.15, -0.1) is 10.2 Å². The Morgan fingerprint density at radius 1 is 1.02 bits per heavy atom. The fourth-order valence-corrected chi connectivity index (χ4v) is 4.74. The van der Waals surface area contributed by atoms with Gasteiger partial charge in [-0.2, -0.15) is 0 Å². The van der Waals surface area contributed by atoms with Crippen molar-refractivity contribution in [2.24, 2.45) is 0 Å². The van der Waals surface area contributed by atoms with Gasteiger partial charge in [0, 0.05) is 51.0 Å². The number of carbonyl (C=O) groups excluding carboxylic acids is 2. The molecule has 0 aliphatic carbocycles. The van der Waals surface area contributed by atoms with Crippen molar-refractivity contribution < 1.29 is 29.3 Å². The molecule has 2 amide bonds. The van der Waals surface area contributed by atoms with Crippen molar-refractivity contribution in [1.82, 2.24) is 29.9 Å². The van der Waals surface area contributed by atoms with Gasteiger partial charge in [-0.1, -0.05) is 26.0 Å². The Labute approximate surface area is 231 Å². The third-order valence-electron chi connectivity index (χ3n) is 6.92. The van der Waals surface area contributed by atoms with Gasteiger partial charge in [0.05, 0.1) is 12.2 Å². The quantitative estimate of drug-likeness (QED) is 0.315. The molecule has 3 aromatic rings. The van der Waals surface area contributed by atoms with E-state index in [2.05, 4.69) is 20.4 Å². The number of hydrogen-bond acceptors (Lipinski definition) is 8. The summed E-state index contributed by atoms with van der Waals surface area (Å²) in [5.74, 6) is -1.03. The molecule has 4 rings (SSSR count). The largest absolute Gasteiger partial charge is 0.508 e. The average molecular weight is 555 g/mol. The first-order valence-electron chi connectivity index (χ1n) is 13.3. The fraction of sp³-hybridized carbons (Fsp3) is 0.429. The van der Waals surface area contributed by atoms with E-state index in [4.69, 9.17) is 5.11 Å². The van der Waals surface area contributed by atoms with E-state index >= 15 is 0 Å². The minimum Gasteiger partial charge on any atom is -0.508 e. The molecule has 12 heteroatoms. The van der Waals surface area contributed by atoms with Gasteiger partial charge in [0.1, 0.15) is 11.5 Å². The minimum absolute atomic E-state index is 0.0223. The molecule has 4 N–H and O–H groups in total. The lowest BCUT2D eigenvalue weighted by atomic mass is 9.98. The van der Waals surface area contributed by atoms with E-state index in [0.717, 1.165) is 5.56 Å². The molecule has 1 unspecified atom stereocenters. The molecule has 2 heterocycles. The van der Waals surface area contributed by atoms with Crippen LogP contribution < -0.4 is 5.32 Å². The lowest BCUT2D eigenvalue weighted by Gasteiger charge is -2.35. The molecule has 1 aliphatic rings. The number of aromatic hydroxyl groups is 2. The number of carbonyl (C=O) groups is 2. The molecule has 214 valence electrons. The summed E-state index contributed by atoms with van der Waals surface area (Å²) < 4.78 is 15.1. The van der Waals surface area contributed by atoms with Gasteiger partial charge in [-0.3, -0.25) is 19.1 Å². The fourth-order valence-electron chi connectivity index (χ4n) is 4.74. The number of nitrogens with one attached hydrogen (secondary N) is 1. The summed E-state index contributed by atoms with van der Waals surface area (Å²) in [5, 5.41) is 41.0. The summed E-state index contributed by atoms with van der Waals surface area (Å²) >= 11 is 0. The standard InChI is InChI=1S/C28H35FN6O5/c1-4-30-27(39)26-32-31-25(21-13-20(17(2)3)23(37)14-24(21)38)35(26)19-7-5-18(6-8-19)15-33-9-11-34(12-10-33)28(40)22(29)16-36/h5-8,13-14,17,22,36-38H,4,9-12,15-16H2,1-3H3,(H,30,39). The molecule has 0 saturated carbocycles. The molecule has 11 nitrogen and oxygen atoms in total. The first kappa shape index (κ1) is 29.0. The van der Waals surface area contributed by atoms with Crippen LogP contribution in [0.25, 0.3) is 17.1 Å². The molecule has 1 aliphatic heterocycles. The summed E-state index contributed by atoms with van der Waals surface area (Å²) in [6.45, 7) is 7.73. The second-order valence-electron chi connectivity index (χ2n) is 10.0. The van der Waals surface area contributed by atoms with Crippen LogP contribution in [0.3, 0.4) is 0 Å². The van der Waals surface area contributed by atoms with Crippen LogP contribution in [0.4, 0.5) is 4.39 Å². The van der Waals surface area contributed by atoms with E-state index in [9.17, 15) is 24.2 Å². The van der Waals surface area contributed by atoms with Crippen molar-refractivity contribution in [3.05, 3.63) is 53.3 Å². The third kappa shape index (κ3) is 6.07. The lowest BCUT2D eigenvalue weighted by molar-refractivity contribution is -0.139. The summed E-state index contributed by atoms with van der Waals surface area (Å²) in [5.41, 5.74) is 2.55. The SMILES string of the molecule is CCNC(=O)c1nnc(-c2cc(C(C)C)c(O)cc2O)n1-c1ccc(CN2CCN(C(=O)C(F)CO)CC2)cc1. The second kappa shape index (κ2) is 12.4. The highest BCUT2D eigenvalue weighted by Crippen LogP contribution is 2.38. The smallest absolute Gasteiger partial charge is 0.289 e. The van der Waals surface area contributed by atoms with E-state index in [1.165, 1.54) is 11.0 Å². The van der Waals surface area contributed by atoms with Crippen LogP contribution in [0.2, 0.25) is 0 Å². The van der Waals surface area contributed by atoms with Crippen LogP contribution in [-0.4, -0.2) is 97.2 Å². The first-order chi connectivity index (χ1) is 19.1. The summed E-state index contributed by atoms with van der Waals surface area (Å²) in [4.78, 5) is 28.4. The van der Waals surface area contributed by atoms with Crippen LogP contribution in [0.15, 0.2) is 36.4 Å². The molecule has 0 bridgehead atoms. The Morgan fingerprint density at radius 3 is 2.30 bits per heavy atom. The van der Waals surface area contributed by atoms with Gasteiger partial charge in [0.15, 0.2) is 5.82 Å². The van der Waals surface area contributed by atoms with Crippen molar-refractivity contribution >= 4 is 11.8 Å². The molecule has 0 spiro atoms. The van der Waals surface area contributed by atoms with Crippen molar-refractivity contribution in [2.45, 2.75) is 39.4 Å². The molecule has 40 heavy (non-hydrogen) atoms. The molecule has 1 fully saturated rings. The van der Waals surface area contributed by atoms with Gasteiger partial charge in [-0.25, -0.2) is 4.39 Å². The maximum atomic E-state index is 13.5. The van der Waals surface area contributed by atoms with Crippen LogP contribution in [0.5, 0.6) is 11.5 Å². The Bertz CT molecular complexity index is 1350. The zero-order valence-corrected chi connectivity index (χ0v) is 22.8. The zero-order valence-electron chi connectivity index (χ0n) is 22.8. The number of hydrogen-bond donors (Lipinski definition) is 4. The number of alkyl halides is 1. The number of nitrogens with zero attached hydrogens (tertiary/aromatic N) is 5. The minimum atomic E-state index is -1.88. The second-order valence-corrected chi connectivity index (χ2v) is 10.0. The Morgan fingerprint density at radius 2 is 1.70 bits per heavy atom. The molecule has 1 atom stereocenters. The molecule has 1 aromatic heterocycles. The van der Waals surface area contributed by atoms with Crippen LogP contribution in [0, 0.1) is 0 Å². The predicted octanol–water partition coefficient (Wildman–Crippen LogP) is 2.19. The number of aliphatic hydroxyl groups excluding tert-OH is 1. The summed E-state index contributed by atoms with van der Waals surface area (Å²) in [6, 6.07) is 10.4. The van der Waals surface area contributed by atoms with Gasteiger partial charge < -0.3 is 25.5 Å². The highest BCUT2D eigenvalue weighted by atomic mass is 19.1. The van der Waals surface area contributed by atoms with Gasteiger partial charge in [0.2, 0.25) is 12.0 Å².